The summed E-state index contributed by atoms with van der Waals surface area (Å²) in [6, 6.07) is 3.95. The highest BCUT2D eigenvalue weighted by Crippen LogP contribution is 2.23. The monoisotopic (exact) mass is 227 g/mol. The Morgan fingerprint density at radius 1 is 1.60 bits per heavy atom. The maximum Gasteiger partial charge on any atom is 0.129 e. The number of hydrogen-bond donors (Lipinski definition) is 2. The van der Waals surface area contributed by atoms with Crippen molar-refractivity contribution in [2.75, 3.05) is 0 Å². The summed E-state index contributed by atoms with van der Waals surface area (Å²) in [6.07, 6.45) is 3.86. The predicted octanol–water partition coefficient (Wildman–Crippen LogP) is 2.68. The Morgan fingerprint density at radius 2 is 2.33 bits per heavy atom. The van der Waals surface area contributed by atoms with Crippen LogP contribution in [0.25, 0.3) is 0 Å². The van der Waals surface area contributed by atoms with Crippen molar-refractivity contribution in [2.45, 2.75) is 32.7 Å². The van der Waals surface area contributed by atoms with Crippen molar-refractivity contribution >= 4 is 11.6 Å². The number of rotatable bonds is 5. The quantitative estimate of drug-likeness (QED) is 0.462. The van der Waals surface area contributed by atoms with Gasteiger partial charge in [0.2, 0.25) is 0 Å². The number of pyridine rings is 1. The number of halogens is 1. The first kappa shape index (κ1) is 12.4. The lowest BCUT2D eigenvalue weighted by atomic mass is 9.95. The normalized spacial score (nSPS) is 14.9. The molecule has 2 unspecified atom stereocenters. The Hall–Kier alpha value is -0.640. The van der Waals surface area contributed by atoms with Crippen LogP contribution in [-0.2, 0) is 0 Å². The molecule has 0 spiro atoms. The fourth-order valence-electron chi connectivity index (χ4n) is 1.50. The van der Waals surface area contributed by atoms with Crippen LogP contribution in [0.3, 0.4) is 0 Å². The Bertz CT molecular complexity index is 304. The highest BCUT2D eigenvalue weighted by Gasteiger charge is 2.13. The van der Waals surface area contributed by atoms with Crippen LogP contribution in [0.4, 0.5) is 0 Å². The van der Waals surface area contributed by atoms with Gasteiger partial charge in [-0.05, 0) is 30.0 Å². The Morgan fingerprint density at radius 3 is 2.87 bits per heavy atom. The average molecular weight is 228 g/mol. The van der Waals surface area contributed by atoms with E-state index in [-0.39, 0.29) is 6.04 Å². The van der Waals surface area contributed by atoms with Gasteiger partial charge in [-0.15, -0.1) is 0 Å². The molecule has 4 heteroatoms. The summed E-state index contributed by atoms with van der Waals surface area (Å²) in [5.41, 5.74) is 3.92. The zero-order chi connectivity index (χ0) is 11.3. The SMILES string of the molecule is CCC(C)CC(NN)c1ccnc(Cl)c1. The molecule has 0 radical (unpaired) electrons. The fraction of sp³-hybridized carbons (Fsp3) is 0.545. The highest BCUT2D eigenvalue weighted by atomic mass is 35.5. The summed E-state index contributed by atoms with van der Waals surface area (Å²) in [5, 5.41) is 0.511. The molecule has 0 aliphatic rings. The molecule has 0 saturated heterocycles. The van der Waals surface area contributed by atoms with Crippen molar-refractivity contribution in [3.8, 4) is 0 Å². The molecule has 3 N–H and O–H groups in total. The van der Waals surface area contributed by atoms with Crippen LogP contribution in [0.15, 0.2) is 18.3 Å². The van der Waals surface area contributed by atoms with Crippen molar-refractivity contribution in [3.63, 3.8) is 0 Å². The molecule has 0 bridgehead atoms. The van der Waals surface area contributed by atoms with Gasteiger partial charge < -0.3 is 0 Å². The van der Waals surface area contributed by atoms with Gasteiger partial charge in [0.1, 0.15) is 5.15 Å². The minimum absolute atomic E-state index is 0.153. The Labute approximate surface area is 96.0 Å². The lowest BCUT2D eigenvalue weighted by Crippen LogP contribution is -2.29. The summed E-state index contributed by atoms with van der Waals surface area (Å²) >= 11 is 5.84. The number of nitrogens with zero attached hydrogens (tertiary/aromatic N) is 1. The van der Waals surface area contributed by atoms with E-state index in [0.717, 1.165) is 18.4 Å². The van der Waals surface area contributed by atoms with Crippen molar-refractivity contribution in [3.05, 3.63) is 29.0 Å². The summed E-state index contributed by atoms with van der Waals surface area (Å²) in [6.45, 7) is 4.39. The molecule has 0 aromatic carbocycles. The zero-order valence-corrected chi connectivity index (χ0v) is 9.96. The topological polar surface area (TPSA) is 50.9 Å². The second-order valence-corrected chi connectivity index (χ2v) is 4.27. The molecule has 2 atom stereocenters. The van der Waals surface area contributed by atoms with Crippen LogP contribution >= 0.6 is 11.6 Å². The van der Waals surface area contributed by atoms with Gasteiger partial charge in [0.05, 0.1) is 0 Å². The smallest absolute Gasteiger partial charge is 0.129 e. The number of nitrogens with two attached hydrogens (primary N) is 1. The molecule has 0 saturated carbocycles. The molecule has 0 fully saturated rings. The average Bonchev–Trinajstić information content (AvgIpc) is 2.25. The number of hydrazine groups is 1. The van der Waals surface area contributed by atoms with Gasteiger partial charge in [-0.1, -0.05) is 31.9 Å². The van der Waals surface area contributed by atoms with E-state index in [9.17, 15) is 0 Å². The van der Waals surface area contributed by atoms with E-state index in [1.165, 1.54) is 0 Å². The van der Waals surface area contributed by atoms with E-state index in [1.54, 1.807) is 6.20 Å². The first-order valence-corrected chi connectivity index (χ1v) is 5.62. The molecule has 0 aliphatic carbocycles. The van der Waals surface area contributed by atoms with Gasteiger partial charge in [-0.2, -0.15) is 0 Å². The number of hydrogen-bond acceptors (Lipinski definition) is 3. The first-order chi connectivity index (χ1) is 7.17. The molecule has 1 aromatic rings. The van der Waals surface area contributed by atoms with Gasteiger partial charge >= 0.3 is 0 Å². The molecule has 84 valence electrons. The lowest BCUT2D eigenvalue weighted by Gasteiger charge is -2.19. The Balaban J connectivity index is 2.73. The van der Waals surface area contributed by atoms with Crippen molar-refractivity contribution in [2.24, 2.45) is 11.8 Å². The van der Waals surface area contributed by atoms with Crippen LogP contribution in [-0.4, -0.2) is 4.98 Å². The van der Waals surface area contributed by atoms with E-state index in [0.29, 0.717) is 11.1 Å². The maximum absolute atomic E-state index is 5.84. The minimum Gasteiger partial charge on any atom is -0.271 e. The van der Waals surface area contributed by atoms with Gasteiger partial charge in [0, 0.05) is 12.2 Å². The maximum atomic E-state index is 5.84. The third kappa shape index (κ3) is 3.78. The molecule has 0 aliphatic heterocycles. The van der Waals surface area contributed by atoms with Crippen molar-refractivity contribution < 1.29 is 0 Å². The second kappa shape index (κ2) is 6.05. The van der Waals surface area contributed by atoms with Crippen molar-refractivity contribution in [1.82, 2.24) is 10.4 Å². The van der Waals surface area contributed by atoms with Crippen LogP contribution in [0, 0.1) is 5.92 Å². The van der Waals surface area contributed by atoms with Crippen LogP contribution in [0.5, 0.6) is 0 Å². The lowest BCUT2D eigenvalue weighted by molar-refractivity contribution is 0.407. The van der Waals surface area contributed by atoms with E-state index in [1.807, 2.05) is 12.1 Å². The van der Waals surface area contributed by atoms with E-state index < -0.39 is 0 Å². The van der Waals surface area contributed by atoms with Gasteiger partial charge in [-0.3, -0.25) is 11.3 Å². The standard InChI is InChI=1S/C11H18ClN3/c1-3-8(2)6-10(15-13)9-4-5-14-11(12)7-9/h4-5,7-8,10,15H,3,6,13H2,1-2H3. The number of aromatic nitrogens is 1. The largest absolute Gasteiger partial charge is 0.271 e. The first-order valence-electron chi connectivity index (χ1n) is 5.25. The molecule has 1 heterocycles. The third-order valence-corrected chi connectivity index (χ3v) is 2.90. The van der Waals surface area contributed by atoms with Gasteiger partial charge in [0.15, 0.2) is 0 Å². The van der Waals surface area contributed by atoms with Crippen LogP contribution in [0.1, 0.15) is 38.3 Å². The van der Waals surface area contributed by atoms with Gasteiger partial charge in [0.25, 0.3) is 0 Å². The fourth-order valence-corrected chi connectivity index (χ4v) is 1.69. The van der Waals surface area contributed by atoms with Crippen LogP contribution in [0.2, 0.25) is 5.15 Å². The number of nitrogens with one attached hydrogen (secondary N) is 1. The molecule has 1 rings (SSSR count). The Kier molecular flexibility index (Phi) is 5.02. The molecule has 0 amide bonds. The van der Waals surface area contributed by atoms with Crippen molar-refractivity contribution in [1.29, 1.82) is 0 Å². The molecule has 1 aromatic heterocycles. The molecule has 15 heavy (non-hydrogen) atoms. The van der Waals surface area contributed by atoms with Crippen LogP contribution < -0.4 is 11.3 Å². The molecular formula is C11H18ClN3. The summed E-state index contributed by atoms with van der Waals surface area (Å²) in [7, 11) is 0. The second-order valence-electron chi connectivity index (χ2n) is 3.88. The van der Waals surface area contributed by atoms with E-state index in [4.69, 9.17) is 17.4 Å². The highest BCUT2D eigenvalue weighted by molar-refractivity contribution is 6.29. The zero-order valence-electron chi connectivity index (χ0n) is 9.20. The predicted molar refractivity (Wildman–Crippen MR) is 63.4 cm³/mol. The van der Waals surface area contributed by atoms with E-state index in [2.05, 4.69) is 24.3 Å². The van der Waals surface area contributed by atoms with Gasteiger partial charge in [-0.25, -0.2) is 4.98 Å². The molecule has 3 nitrogen and oxygen atoms in total. The summed E-state index contributed by atoms with van der Waals surface area (Å²) in [5.74, 6) is 6.18. The third-order valence-electron chi connectivity index (χ3n) is 2.69. The molecular weight excluding hydrogens is 210 g/mol. The minimum atomic E-state index is 0.153. The summed E-state index contributed by atoms with van der Waals surface area (Å²) < 4.78 is 0. The van der Waals surface area contributed by atoms with E-state index >= 15 is 0 Å². The summed E-state index contributed by atoms with van der Waals surface area (Å²) in [4.78, 5) is 3.95.